The van der Waals surface area contributed by atoms with E-state index in [0.717, 1.165) is 42.8 Å². The smallest absolute Gasteiger partial charge is 0.247 e. The minimum absolute atomic E-state index is 0.0173. The fraction of sp³-hybridized carbons (Fsp3) is 0.458. The third-order valence-corrected chi connectivity index (χ3v) is 7.44. The maximum Gasteiger partial charge on any atom is 0.247 e. The number of rotatable bonds is 7. The van der Waals surface area contributed by atoms with Gasteiger partial charge in [0.05, 0.1) is 11.4 Å². The Hall–Kier alpha value is -2.38. The first-order valence-corrected chi connectivity index (χ1v) is 12.4. The summed E-state index contributed by atoms with van der Waals surface area (Å²) in [5.74, 6) is 1.44. The zero-order valence-corrected chi connectivity index (χ0v) is 19.4. The molecule has 1 amide bonds. The van der Waals surface area contributed by atoms with Crippen LogP contribution in [0, 0.1) is 6.92 Å². The highest BCUT2D eigenvalue weighted by molar-refractivity contribution is 7.89. The van der Waals surface area contributed by atoms with Crippen LogP contribution in [0.2, 0.25) is 0 Å². The Balaban J connectivity index is 1.68. The van der Waals surface area contributed by atoms with E-state index < -0.39 is 10.0 Å². The summed E-state index contributed by atoms with van der Waals surface area (Å²) in [6.07, 6.45) is 7.22. The van der Waals surface area contributed by atoms with E-state index >= 15 is 0 Å². The highest BCUT2D eigenvalue weighted by Gasteiger charge is 2.24. The van der Waals surface area contributed by atoms with Crippen LogP contribution in [0.4, 0.5) is 0 Å². The lowest BCUT2D eigenvalue weighted by Crippen LogP contribution is -2.35. The van der Waals surface area contributed by atoms with E-state index in [4.69, 9.17) is 4.42 Å². The minimum Gasteiger partial charge on any atom is -0.464 e. The van der Waals surface area contributed by atoms with Crippen LogP contribution in [0.3, 0.4) is 0 Å². The lowest BCUT2D eigenvalue weighted by molar-refractivity contribution is -0.128. The van der Waals surface area contributed by atoms with Gasteiger partial charge >= 0.3 is 0 Å². The van der Waals surface area contributed by atoms with Crippen molar-refractivity contribution in [2.24, 2.45) is 0 Å². The number of carbonyl (C=O) groups is 1. The molecule has 1 aliphatic heterocycles. The summed E-state index contributed by atoms with van der Waals surface area (Å²) in [5.41, 5.74) is 0.778. The number of furan rings is 1. The number of carbonyl (C=O) groups excluding carboxylic acids is 1. The maximum atomic E-state index is 12.9. The van der Waals surface area contributed by atoms with Crippen molar-refractivity contribution in [1.29, 1.82) is 0 Å². The zero-order chi connectivity index (χ0) is 22.4. The van der Waals surface area contributed by atoms with Crippen molar-refractivity contribution in [3.8, 4) is 0 Å². The fourth-order valence-electron chi connectivity index (χ4n) is 3.70. The topological polar surface area (TPSA) is 70.8 Å². The maximum absolute atomic E-state index is 12.9. The van der Waals surface area contributed by atoms with Crippen molar-refractivity contribution in [1.82, 2.24) is 9.21 Å². The molecule has 1 saturated heterocycles. The molecular formula is C24H32N2O4S. The van der Waals surface area contributed by atoms with Crippen molar-refractivity contribution < 1.29 is 17.6 Å². The van der Waals surface area contributed by atoms with E-state index in [1.807, 2.05) is 32.9 Å². The van der Waals surface area contributed by atoms with E-state index in [9.17, 15) is 13.2 Å². The van der Waals surface area contributed by atoms with Crippen LogP contribution in [-0.4, -0.2) is 42.7 Å². The number of aryl methyl sites for hydroxylation is 1. The predicted molar refractivity (Wildman–Crippen MR) is 122 cm³/mol. The average molecular weight is 445 g/mol. The lowest BCUT2D eigenvalue weighted by Gasteiger charge is -2.24. The van der Waals surface area contributed by atoms with Gasteiger partial charge in [0, 0.05) is 25.2 Å². The zero-order valence-electron chi connectivity index (χ0n) is 18.6. The first-order valence-electron chi connectivity index (χ1n) is 10.9. The second-order valence-electron chi connectivity index (χ2n) is 8.29. The molecule has 0 saturated carbocycles. The van der Waals surface area contributed by atoms with Crippen LogP contribution in [0.15, 0.2) is 51.8 Å². The van der Waals surface area contributed by atoms with Gasteiger partial charge in [-0.05, 0) is 69.5 Å². The van der Waals surface area contributed by atoms with Crippen LogP contribution >= 0.6 is 0 Å². The number of hydrogen-bond donors (Lipinski definition) is 0. The molecule has 3 rings (SSSR count). The molecule has 6 nitrogen and oxygen atoms in total. The van der Waals surface area contributed by atoms with Crippen molar-refractivity contribution in [2.75, 3.05) is 13.1 Å². The van der Waals surface area contributed by atoms with Crippen LogP contribution in [-0.2, 0) is 21.4 Å². The van der Waals surface area contributed by atoms with Gasteiger partial charge in [0.1, 0.15) is 11.5 Å². The molecule has 0 spiro atoms. The third kappa shape index (κ3) is 6.08. The number of benzene rings is 1. The molecule has 31 heavy (non-hydrogen) atoms. The van der Waals surface area contributed by atoms with Gasteiger partial charge in [-0.3, -0.25) is 4.79 Å². The summed E-state index contributed by atoms with van der Waals surface area (Å²) in [6.45, 7) is 7.37. The lowest BCUT2D eigenvalue weighted by atomic mass is 10.2. The molecule has 0 aliphatic carbocycles. The number of nitrogens with zero attached hydrogens (tertiary/aromatic N) is 2. The van der Waals surface area contributed by atoms with Crippen LogP contribution < -0.4 is 0 Å². The Labute approximate surface area is 185 Å². The van der Waals surface area contributed by atoms with Gasteiger partial charge in [-0.15, -0.1) is 0 Å². The molecule has 2 heterocycles. The molecule has 7 heteroatoms. The molecule has 0 radical (unpaired) electrons. The molecule has 0 N–H and O–H groups in total. The van der Waals surface area contributed by atoms with Crippen LogP contribution in [0.1, 0.15) is 56.6 Å². The Morgan fingerprint density at radius 2 is 1.71 bits per heavy atom. The predicted octanol–water partition coefficient (Wildman–Crippen LogP) is 4.60. The van der Waals surface area contributed by atoms with Crippen molar-refractivity contribution in [2.45, 2.75) is 63.9 Å². The molecule has 1 aliphatic rings. The molecule has 168 valence electrons. The summed E-state index contributed by atoms with van der Waals surface area (Å²) >= 11 is 0. The number of sulfonamides is 1. The summed E-state index contributed by atoms with van der Waals surface area (Å²) in [6, 6.07) is 10.5. The Bertz CT molecular complexity index is 998. The van der Waals surface area contributed by atoms with Gasteiger partial charge in [0.25, 0.3) is 0 Å². The second-order valence-corrected chi connectivity index (χ2v) is 10.2. The van der Waals surface area contributed by atoms with Gasteiger partial charge in [0.2, 0.25) is 15.9 Å². The van der Waals surface area contributed by atoms with Gasteiger partial charge < -0.3 is 9.32 Å². The summed E-state index contributed by atoms with van der Waals surface area (Å²) in [4.78, 5) is 14.8. The summed E-state index contributed by atoms with van der Waals surface area (Å²) < 4.78 is 33.0. The molecule has 0 atom stereocenters. The van der Waals surface area contributed by atoms with Crippen molar-refractivity contribution >= 4 is 22.0 Å². The van der Waals surface area contributed by atoms with E-state index in [1.165, 1.54) is 6.08 Å². The van der Waals surface area contributed by atoms with E-state index in [-0.39, 0.29) is 11.9 Å². The number of amides is 1. The van der Waals surface area contributed by atoms with Gasteiger partial charge in [0.15, 0.2) is 0 Å². The largest absolute Gasteiger partial charge is 0.464 e. The fourth-order valence-corrected chi connectivity index (χ4v) is 5.22. The number of hydrogen-bond acceptors (Lipinski definition) is 4. The second kappa shape index (κ2) is 10.3. The third-order valence-electron chi connectivity index (χ3n) is 5.53. The minimum atomic E-state index is -3.47. The Kier molecular flexibility index (Phi) is 7.73. The standard InChI is InChI=1S/C24H32N2O4S/c1-19(2)26(18-22-12-8-20(3)30-22)24(27)15-11-21-9-13-23(14-10-21)31(28,29)25-16-6-4-5-7-17-25/h8-15,19H,4-7,16-18H2,1-3H3/b15-11+. The van der Waals surface area contributed by atoms with Crippen LogP contribution in [0.5, 0.6) is 0 Å². The monoisotopic (exact) mass is 444 g/mol. The normalized spacial score (nSPS) is 16.0. The van der Waals surface area contributed by atoms with E-state index in [0.29, 0.717) is 24.5 Å². The first-order chi connectivity index (χ1) is 14.8. The Morgan fingerprint density at radius 3 is 2.26 bits per heavy atom. The van der Waals surface area contributed by atoms with Crippen LogP contribution in [0.25, 0.3) is 6.08 Å². The molecule has 1 aromatic heterocycles. The highest BCUT2D eigenvalue weighted by atomic mass is 32.2. The SMILES string of the molecule is Cc1ccc(CN(C(=O)/C=C/c2ccc(S(=O)(=O)N3CCCCCC3)cc2)C(C)C)o1. The average Bonchev–Trinajstić information content (AvgIpc) is 2.97. The molecule has 0 bridgehead atoms. The molecule has 1 aromatic carbocycles. The van der Waals surface area contributed by atoms with Crippen molar-refractivity contribution in [3.05, 3.63) is 59.6 Å². The molecular weight excluding hydrogens is 412 g/mol. The summed E-state index contributed by atoms with van der Waals surface area (Å²) in [5, 5.41) is 0. The van der Waals surface area contributed by atoms with Crippen molar-refractivity contribution in [3.63, 3.8) is 0 Å². The molecule has 2 aromatic rings. The highest BCUT2D eigenvalue weighted by Crippen LogP contribution is 2.21. The molecule has 0 unspecified atom stereocenters. The van der Waals surface area contributed by atoms with Gasteiger partial charge in [-0.2, -0.15) is 4.31 Å². The van der Waals surface area contributed by atoms with E-state index in [1.54, 1.807) is 39.5 Å². The summed E-state index contributed by atoms with van der Waals surface area (Å²) in [7, 11) is -3.47. The van der Waals surface area contributed by atoms with E-state index in [2.05, 4.69) is 0 Å². The van der Waals surface area contributed by atoms with Gasteiger partial charge in [-0.1, -0.05) is 25.0 Å². The quantitative estimate of drug-likeness (QED) is 0.585. The first kappa shape index (κ1) is 23.3. The van der Waals surface area contributed by atoms with Gasteiger partial charge in [-0.25, -0.2) is 8.42 Å². The molecule has 1 fully saturated rings. The Morgan fingerprint density at radius 1 is 1.06 bits per heavy atom.